The van der Waals surface area contributed by atoms with Gasteiger partial charge in [-0.2, -0.15) is 0 Å². The minimum atomic E-state index is -0.774. The SMILES string of the molecule is Cc1ccccc1COc1ccc(C(O)=C2C(=O)C(=O)N(CCN3CCOCC3)[C@H]2c2ccc(O)cc2)cc1. The average Bonchev–Trinajstić information content (AvgIpc) is 3.21. The molecule has 0 bridgehead atoms. The molecule has 1 atom stereocenters. The summed E-state index contributed by atoms with van der Waals surface area (Å²) in [5.41, 5.74) is 3.29. The number of nitrogens with zero attached hydrogens (tertiary/aromatic N) is 2. The van der Waals surface area contributed by atoms with Gasteiger partial charge in [0.1, 0.15) is 23.9 Å². The fraction of sp³-hybridized carbons (Fsp3) is 0.290. The number of rotatable bonds is 8. The highest BCUT2D eigenvalue weighted by Crippen LogP contribution is 2.39. The molecule has 2 aliphatic heterocycles. The molecule has 0 unspecified atom stereocenters. The van der Waals surface area contributed by atoms with E-state index >= 15 is 0 Å². The van der Waals surface area contributed by atoms with Crippen LogP contribution in [0.15, 0.2) is 78.4 Å². The van der Waals surface area contributed by atoms with Crippen molar-refractivity contribution in [2.75, 3.05) is 39.4 Å². The summed E-state index contributed by atoms with van der Waals surface area (Å²) in [6.45, 7) is 6.11. The lowest BCUT2D eigenvalue weighted by Crippen LogP contribution is -2.42. The molecule has 3 aromatic rings. The van der Waals surface area contributed by atoms with Crippen LogP contribution in [-0.4, -0.2) is 71.1 Å². The van der Waals surface area contributed by atoms with E-state index in [9.17, 15) is 19.8 Å². The van der Waals surface area contributed by atoms with E-state index < -0.39 is 17.7 Å². The molecule has 202 valence electrons. The number of carbonyl (C=O) groups excluding carboxylic acids is 2. The molecule has 0 aromatic heterocycles. The molecule has 8 heteroatoms. The smallest absolute Gasteiger partial charge is 0.295 e. The van der Waals surface area contributed by atoms with Gasteiger partial charge in [-0.3, -0.25) is 14.5 Å². The van der Waals surface area contributed by atoms with E-state index in [1.807, 2.05) is 31.2 Å². The summed E-state index contributed by atoms with van der Waals surface area (Å²) in [6.07, 6.45) is 0. The molecule has 1 amide bonds. The number of ketones is 1. The normalized spacial score (nSPS) is 19.4. The minimum absolute atomic E-state index is 0.0289. The number of aromatic hydroxyl groups is 1. The van der Waals surface area contributed by atoms with Gasteiger partial charge in [0.15, 0.2) is 0 Å². The van der Waals surface area contributed by atoms with Gasteiger partial charge >= 0.3 is 0 Å². The maximum absolute atomic E-state index is 13.3. The first-order valence-electron chi connectivity index (χ1n) is 13.1. The maximum atomic E-state index is 13.3. The van der Waals surface area contributed by atoms with Crippen molar-refractivity contribution in [3.8, 4) is 11.5 Å². The van der Waals surface area contributed by atoms with Crippen LogP contribution >= 0.6 is 0 Å². The number of aliphatic hydroxyl groups excluding tert-OH is 1. The largest absolute Gasteiger partial charge is 0.508 e. The number of Topliss-reactive ketones (excluding diaryl/α,β-unsaturated/α-hetero) is 1. The standard InChI is InChI=1S/C31H32N2O6/c1-21-4-2-3-5-24(21)20-39-26-12-8-23(9-13-26)29(35)27-28(22-6-10-25(34)11-7-22)33(31(37)30(27)36)15-14-32-16-18-38-19-17-32/h2-13,28,34-35H,14-20H2,1H3/t28-/m0/s1. The molecule has 8 nitrogen and oxygen atoms in total. The molecule has 2 heterocycles. The fourth-order valence-electron chi connectivity index (χ4n) is 4.99. The van der Waals surface area contributed by atoms with E-state index in [1.54, 1.807) is 36.4 Å². The first-order valence-corrected chi connectivity index (χ1v) is 13.1. The van der Waals surface area contributed by atoms with Gasteiger partial charge in [-0.25, -0.2) is 0 Å². The predicted molar refractivity (Wildman–Crippen MR) is 146 cm³/mol. The van der Waals surface area contributed by atoms with Gasteiger partial charge in [0.05, 0.1) is 24.8 Å². The second kappa shape index (κ2) is 11.7. The lowest BCUT2D eigenvalue weighted by molar-refractivity contribution is -0.140. The van der Waals surface area contributed by atoms with Crippen molar-refractivity contribution in [3.63, 3.8) is 0 Å². The molecule has 0 spiro atoms. The molecule has 39 heavy (non-hydrogen) atoms. The Labute approximate surface area is 227 Å². The summed E-state index contributed by atoms with van der Waals surface area (Å²) in [4.78, 5) is 30.2. The number of phenols is 1. The first-order chi connectivity index (χ1) is 18.9. The zero-order chi connectivity index (χ0) is 27.4. The first kappa shape index (κ1) is 26.5. The van der Waals surface area contributed by atoms with Gasteiger partial charge < -0.3 is 24.6 Å². The summed E-state index contributed by atoms with van der Waals surface area (Å²) >= 11 is 0. The van der Waals surface area contributed by atoms with Crippen LogP contribution in [0.5, 0.6) is 11.5 Å². The molecule has 2 fully saturated rings. The number of aliphatic hydroxyl groups is 1. The molecule has 2 aliphatic rings. The third-order valence-electron chi connectivity index (χ3n) is 7.29. The summed E-state index contributed by atoms with van der Waals surface area (Å²) in [5.74, 6) is -0.930. The highest BCUT2D eigenvalue weighted by molar-refractivity contribution is 6.46. The third kappa shape index (κ3) is 5.82. The summed E-state index contributed by atoms with van der Waals surface area (Å²) < 4.78 is 11.3. The second-order valence-corrected chi connectivity index (χ2v) is 9.78. The monoisotopic (exact) mass is 528 g/mol. The number of likely N-dealkylation sites (tertiary alicyclic amines) is 1. The van der Waals surface area contributed by atoms with Crippen LogP contribution in [0.1, 0.15) is 28.3 Å². The molecule has 2 N–H and O–H groups in total. The summed E-state index contributed by atoms with van der Waals surface area (Å²) in [6, 6.07) is 20.4. The highest BCUT2D eigenvalue weighted by atomic mass is 16.5. The summed E-state index contributed by atoms with van der Waals surface area (Å²) in [7, 11) is 0. The van der Waals surface area contributed by atoms with Crippen molar-refractivity contribution in [2.24, 2.45) is 0 Å². The van der Waals surface area contributed by atoms with Crippen molar-refractivity contribution < 1.29 is 29.3 Å². The van der Waals surface area contributed by atoms with E-state index in [0.29, 0.717) is 49.8 Å². The lowest BCUT2D eigenvalue weighted by atomic mass is 9.95. The van der Waals surface area contributed by atoms with Crippen molar-refractivity contribution in [1.82, 2.24) is 9.80 Å². The number of hydrogen-bond donors (Lipinski definition) is 2. The Morgan fingerprint density at radius 1 is 0.949 bits per heavy atom. The van der Waals surface area contributed by atoms with E-state index in [0.717, 1.165) is 24.2 Å². The van der Waals surface area contributed by atoms with Gasteiger partial charge in [-0.1, -0.05) is 36.4 Å². The van der Waals surface area contributed by atoms with E-state index in [4.69, 9.17) is 9.47 Å². The van der Waals surface area contributed by atoms with Crippen LogP contribution in [0.4, 0.5) is 0 Å². The van der Waals surface area contributed by atoms with E-state index in [1.165, 1.54) is 17.0 Å². The number of hydrogen-bond acceptors (Lipinski definition) is 7. The van der Waals surface area contributed by atoms with Crippen LogP contribution in [0.3, 0.4) is 0 Å². The van der Waals surface area contributed by atoms with Crippen molar-refractivity contribution in [1.29, 1.82) is 0 Å². The molecule has 5 rings (SSSR count). The Bertz CT molecular complexity index is 1360. The number of carbonyl (C=O) groups is 2. The third-order valence-corrected chi connectivity index (χ3v) is 7.29. The zero-order valence-electron chi connectivity index (χ0n) is 21.9. The number of phenolic OH excluding ortho intramolecular Hbond substituents is 1. The van der Waals surface area contributed by atoms with Gasteiger partial charge in [0.2, 0.25) is 0 Å². The zero-order valence-corrected chi connectivity index (χ0v) is 21.9. The Balaban J connectivity index is 1.41. The second-order valence-electron chi connectivity index (χ2n) is 9.78. The van der Waals surface area contributed by atoms with Crippen LogP contribution in [0, 0.1) is 6.92 Å². The quantitative estimate of drug-likeness (QED) is 0.259. The molecule has 3 aromatic carbocycles. The van der Waals surface area contributed by atoms with Crippen LogP contribution in [0.2, 0.25) is 0 Å². The number of aryl methyl sites for hydroxylation is 1. The minimum Gasteiger partial charge on any atom is -0.508 e. The molecule has 0 radical (unpaired) electrons. The van der Waals surface area contributed by atoms with Crippen molar-refractivity contribution in [2.45, 2.75) is 19.6 Å². The Morgan fingerprint density at radius 3 is 2.33 bits per heavy atom. The summed E-state index contributed by atoms with van der Waals surface area (Å²) in [5, 5.41) is 21.1. The van der Waals surface area contributed by atoms with Crippen LogP contribution < -0.4 is 4.74 Å². The number of amides is 1. The average molecular weight is 529 g/mol. The molecule has 0 aliphatic carbocycles. The highest BCUT2D eigenvalue weighted by Gasteiger charge is 2.46. The van der Waals surface area contributed by atoms with Crippen molar-refractivity contribution in [3.05, 3.63) is 101 Å². The van der Waals surface area contributed by atoms with Crippen LogP contribution in [-0.2, 0) is 20.9 Å². The molecular weight excluding hydrogens is 496 g/mol. The number of morpholine rings is 1. The maximum Gasteiger partial charge on any atom is 0.295 e. The Hall–Kier alpha value is -4.14. The van der Waals surface area contributed by atoms with Gasteiger partial charge in [-0.15, -0.1) is 0 Å². The van der Waals surface area contributed by atoms with Gasteiger partial charge in [0.25, 0.3) is 11.7 Å². The fourth-order valence-corrected chi connectivity index (χ4v) is 4.99. The Kier molecular flexibility index (Phi) is 7.95. The number of benzene rings is 3. The van der Waals surface area contributed by atoms with E-state index in [-0.39, 0.29) is 17.1 Å². The van der Waals surface area contributed by atoms with E-state index in [2.05, 4.69) is 4.90 Å². The number of ether oxygens (including phenoxy) is 2. The molecule has 2 saturated heterocycles. The molecule has 0 saturated carbocycles. The Morgan fingerprint density at radius 2 is 1.64 bits per heavy atom. The van der Waals surface area contributed by atoms with Gasteiger partial charge in [-0.05, 0) is 60.0 Å². The topological polar surface area (TPSA) is 99.5 Å². The van der Waals surface area contributed by atoms with Crippen LogP contribution in [0.25, 0.3) is 5.76 Å². The van der Waals surface area contributed by atoms with Gasteiger partial charge in [0, 0.05) is 31.7 Å². The van der Waals surface area contributed by atoms with Crippen molar-refractivity contribution >= 4 is 17.4 Å². The predicted octanol–water partition coefficient (Wildman–Crippen LogP) is 4.03. The molecular formula is C31H32N2O6. The lowest BCUT2D eigenvalue weighted by Gasteiger charge is -2.31.